The molecule has 2 unspecified atom stereocenters. The quantitative estimate of drug-likeness (QED) is 0.613. The van der Waals surface area contributed by atoms with Crippen molar-refractivity contribution in [3.63, 3.8) is 0 Å². The number of likely N-dealkylation sites (tertiary alicyclic amines) is 1. The lowest BCUT2D eigenvalue weighted by molar-refractivity contribution is -0.140. The summed E-state index contributed by atoms with van der Waals surface area (Å²) in [5.41, 5.74) is 0. The van der Waals surface area contributed by atoms with Crippen LogP contribution in [0.2, 0.25) is 0 Å². The number of carbonyl (C=O) groups is 2. The highest BCUT2D eigenvalue weighted by Crippen LogP contribution is 2.31. The van der Waals surface area contributed by atoms with E-state index < -0.39 is 12.1 Å². The summed E-state index contributed by atoms with van der Waals surface area (Å²) in [6.45, 7) is 2.22. The van der Waals surface area contributed by atoms with E-state index in [9.17, 15) is 14.0 Å². The summed E-state index contributed by atoms with van der Waals surface area (Å²) in [5, 5.41) is 4.08. The fourth-order valence-corrected chi connectivity index (χ4v) is 5.83. The summed E-state index contributed by atoms with van der Waals surface area (Å²) >= 11 is 1.47. The van der Waals surface area contributed by atoms with Gasteiger partial charge in [0.1, 0.15) is 6.17 Å². The van der Waals surface area contributed by atoms with E-state index in [1.165, 1.54) is 11.3 Å². The third kappa shape index (κ3) is 5.62. The molecule has 3 heterocycles. The first-order valence-electron chi connectivity index (χ1n) is 11.7. The van der Waals surface area contributed by atoms with Gasteiger partial charge in [-0.15, -0.1) is 11.3 Å². The maximum atomic E-state index is 14.1. The predicted octanol–water partition coefficient (Wildman–Crippen LogP) is 4.96. The molecule has 31 heavy (non-hydrogen) atoms. The zero-order valence-electron chi connectivity index (χ0n) is 18.0. The number of thiophene rings is 1. The molecule has 1 N–H and O–H groups in total. The third-order valence-corrected chi connectivity index (χ3v) is 7.88. The molecule has 0 aromatic carbocycles. The zero-order chi connectivity index (χ0) is 21.6. The van der Waals surface area contributed by atoms with Crippen molar-refractivity contribution in [1.82, 2.24) is 15.2 Å². The zero-order valence-corrected chi connectivity index (χ0v) is 18.8. The monoisotopic (exact) mass is 445 g/mol. The number of amides is 2. The van der Waals surface area contributed by atoms with Gasteiger partial charge in [0.05, 0.1) is 15.5 Å². The van der Waals surface area contributed by atoms with Gasteiger partial charge in [0.15, 0.2) is 0 Å². The van der Waals surface area contributed by atoms with Crippen molar-refractivity contribution in [1.29, 1.82) is 0 Å². The molecule has 2 fully saturated rings. The second-order valence-corrected chi connectivity index (χ2v) is 10.0. The number of nitrogens with one attached hydrogen (secondary N) is 1. The Morgan fingerprint density at radius 3 is 2.74 bits per heavy atom. The molecule has 2 aromatic rings. The van der Waals surface area contributed by atoms with Crippen LogP contribution in [0, 0.1) is 11.8 Å². The standard InChI is InChI=1S/C24H32FN3O2S/c25-20-7-2-1-6-19(20)24(30)28-13-9-17(10-14-28)5-3-4-11-27-23(29)21-15-18-8-12-26-16-22(18)31-21/h8,12,15-17,19-20H,1-7,9-11,13-14H2,(H,27,29). The van der Waals surface area contributed by atoms with Crippen molar-refractivity contribution in [2.45, 2.75) is 64.0 Å². The number of pyridine rings is 1. The third-order valence-electron chi connectivity index (χ3n) is 6.80. The van der Waals surface area contributed by atoms with Crippen molar-refractivity contribution >= 4 is 33.2 Å². The highest BCUT2D eigenvalue weighted by atomic mass is 32.1. The SMILES string of the molecule is O=C(NCCCCC1CCN(C(=O)C2CCCCC2F)CC1)c1cc2ccncc2s1. The highest BCUT2D eigenvalue weighted by Gasteiger charge is 2.35. The van der Waals surface area contributed by atoms with Gasteiger partial charge in [0.2, 0.25) is 5.91 Å². The maximum absolute atomic E-state index is 14.1. The molecule has 2 aromatic heterocycles. The predicted molar refractivity (Wildman–Crippen MR) is 122 cm³/mol. The number of halogens is 1. The summed E-state index contributed by atoms with van der Waals surface area (Å²) < 4.78 is 15.1. The highest BCUT2D eigenvalue weighted by molar-refractivity contribution is 7.20. The average molecular weight is 446 g/mol. The lowest BCUT2D eigenvalue weighted by atomic mass is 9.85. The second kappa shape index (κ2) is 10.5. The minimum absolute atomic E-state index is 0.0121. The van der Waals surface area contributed by atoms with Gasteiger partial charge >= 0.3 is 0 Å². The van der Waals surface area contributed by atoms with Crippen LogP contribution in [0.25, 0.3) is 10.1 Å². The molecule has 2 atom stereocenters. The summed E-state index contributed by atoms with van der Waals surface area (Å²) in [6, 6.07) is 3.84. The van der Waals surface area contributed by atoms with Gasteiger partial charge in [0.25, 0.3) is 5.91 Å². The summed E-state index contributed by atoms with van der Waals surface area (Å²) in [5.74, 6) is 0.265. The molecular formula is C24H32FN3O2S. The van der Waals surface area contributed by atoms with Crippen LogP contribution in [0.1, 0.15) is 67.5 Å². The second-order valence-electron chi connectivity index (χ2n) is 8.95. The van der Waals surface area contributed by atoms with Crippen molar-refractivity contribution in [2.24, 2.45) is 11.8 Å². The normalized spacial score (nSPS) is 22.5. The van der Waals surface area contributed by atoms with Crippen LogP contribution >= 0.6 is 11.3 Å². The van der Waals surface area contributed by atoms with E-state index in [1.54, 1.807) is 12.4 Å². The van der Waals surface area contributed by atoms with E-state index >= 15 is 0 Å². The molecule has 4 rings (SSSR count). The molecule has 1 saturated carbocycles. The molecule has 2 amide bonds. The van der Waals surface area contributed by atoms with Gasteiger partial charge in [-0.2, -0.15) is 0 Å². The van der Waals surface area contributed by atoms with Gasteiger partial charge in [-0.25, -0.2) is 4.39 Å². The first-order chi connectivity index (χ1) is 15.1. The number of aromatic nitrogens is 1. The van der Waals surface area contributed by atoms with Gasteiger partial charge < -0.3 is 10.2 Å². The topological polar surface area (TPSA) is 62.3 Å². The smallest absolute Gasteiger partial charge is 0.261 e. The van der Waals surface area contributed by atoms with Crippen LogP contribution < -0.4 is 5.32 Å². The van der Waals surface area contributed by atoms with Crippen LogP contribution in [0.5, 0.6) is 0 Å². The first-order valence-corrected chi connectivity index (χ1v) is 12.5. The van der Waals surface area contributed by atoms with E-state index in [4.69, 9.17) is 0 Å². The molecular weight excluding hydrogens is 413 g/mol. The molecule has 1 aliphatic heterocycles. The molecule has 0 radical (unpaired) electrons. The number of carbonyl (C=O) groups excluding carboxylic acids is 2. The molecule has 1 saturated heterocycles. The molecule has 2 aliphatic rings. The van der Waals surface area contributed by atoms with Crippen molar-refractivity contribution in [3.8, 4) is 0 Å². The average Bonchev–Trinajstić information content (AvgIpc) is 3.23. The van der Waals surface area contributed by atoms with Crippen LogP contribution in [0.3, 0.4) is 0 Å². The Kier molecular flexibility index (Phi) is 7.54. The van der Waals surface area contributed by atoms with Crippen LogP contribution in [-0.4, -0.2) is 47.5 Å². The Hall–Kier alpha value is -2.02. The fraction of sp³-hybridized carbons (Fsp3) is 0.625. The minimum atomic E-state index is -0.946. The Morgan fingerprint density at radius 1 is 1.16 bits per heavy atom. The Balaban J connectivity index is 1.11. The van der Waals surface area contributed by atoms with Crippen LogP contribution in [-0.2, 0) is 4.79 Å². The number of unbranched alkanes of at least 4 members (excludes halogenated alkanes) is 1. The largest absolute Gasteiger partial charge is 0.351 e. The molecule has 0 bridgehead atoms. The van der Waals surface area contributed by atoms with E-state index in [1.807, 2.05) is 17.0 Å². The Bertz CT molecular complexity index is 861. The molecule has 0 spiro atoms. The summed E-state index contributed by atoms with van der Waals surface area (Å²) in [6.07, 6.45) is 10.9. The van der Waals surface area contributed by atoms with Crippen molar-refractivity contribution < 1.29 is 14.0 Å². The maximum Gasteiger partial charge on any atom is 0.261 e. The number of fused-ring (bicyclic) bond motifs is 1. The molecule has 7 heteroatoms. The molecule has 5 nitrogen and oxygen atoms in total. The van der Waals surface area contributed by atoms with Gasteiger partial charge in [-0.1, -0.05) is 25.7 Å². The molecule has 168 valence electrons. The minimum Gasteiger partial charge on any atom is -0.351 e. The van der Waals surface area contributed by atoms with Crippen molar-refractivity contribution in [3.05, 3.63) is 29.4 Å². The number of alkyl halides is 1. The lowest BCUT2D eigenvalue weighted by Crippen LogP contribution is -2.45. The summed E-state index contributed by atoms with van der Waals surface area (Å²) in [4.78, 5) is 31.7. The van der Waals surface area contributed by atoms with Crippen LogP contribution in [0.4, 0.5) is 4.39 Å². The van der Waals surface area contributed by atoms with Crippen molar-refractivity contribution in [2.75, 3.05) is 19.6 Å². The van der Waals surface area contributed by atoms with E-state index in [2.05, 4.69) is 10.3 Å². The fourth-order valence-electron chi connectivity index (χ4n) is 4.88. The van der Waals surface area contributed by atoms with Crippen LogP contribution in [0.15, 0.2) is 24.5 Å². The number of hydrogen-bond donors (Lipinski definition) is 1. The number of rotatable bonds is 7. The van der Waals surface area contributed by atoms with Gasteiger partial charge in [-0.05, 0) is 55.5 Å². The van der Waals surface area contributed by atoms with Gasteiger partial charge in [0, 0.05) is 32.0 Å². The Morgan fingerprint density at radius 2 is 1.97 bits per heavy atom. The van der Waals surface area contributed by atoms with E-state index in [0.717, 1.165) is 73.0 Å². The number of hydrogen-bond acceptors (Lipinski definition) is 4. The molecule has 1 aliphatic carbocycles. The summed E-state index contributed by atoms with van der Waals surface area (Å²) in [7, 11) is 0. The Labute approximate surface area is 187 Å². The number of nitrogens with zero attached hydrogens (tertiary/aromatic N) is 2. The van der Waals surface area contributed by atoms with E-state index in [-0.39, 0.29) is 11.8 Å². The lowest BCUT2D eigenvalue weighted by Gasteiger charge is -2.36. The first kappa shape index (κ1) is 22.2. The number of piperidine rings is 1. The van der Waals surface area contributed by atoms with Gasteiger partial charge in [-0.3, -0.25) is 14.6 Å². The van der Waals surface area contributed by atoms with E-state index in [0.29, 0.717) is 25.3 Å².